The van der Waals surface area contributed by atoms with E-state index in [1.165, 1.54) is 11.1 Å². The summed E-state index contributed by atoms with van der Waals surface area (Å²) in [6.07, 6.45) is 3.08. The Bertz CT molecular complexity index is 661. The number of anilines is 1. The van der Waals surface area contributed by atoms with Crippen LogP contribution in [-0.4, -0.2) is 12.5 Å². The number of aryl methyl sites for hydroxylation is 2. The lowest BCUT2D eigenvalue weighted by molar-refractivity contribution is -0.116. The molecule has 1 aromatic carbocycles. The highest BCUT2D eigenvalue weighted by Gasteiger charge is 2.21. The average Bonchev–Trinajstić information content (AvgIpc) is 2.90. The molecule has 4 heteroatoms. The molecule has 0 saturated carbocycles. The maximum atomic E-state index is 11.4. The van der Waals surface area contributed by atoms with E-state index in [9.17, 15) is 4.79 Å². The van der Waals surface area contributed by atoms with Crippen molar-refractivity contribution < 1.29 is 9.21 Å². The second-order valence-corrected chi connectivity index (χ2v) is 5.42. The predicted octanol–water partition coefficient (Wildman–Crippen LogP) is 3.17. The van der Waals surface area contributed by atoms with E-state index in [1.54, 1.807) is 6.26 Å². The summed E-state index contributed by atoms with van der Waals surface area (Å²) in [5.74, 6) is 1.05. The highest BCUT2D eigenvalue weighted by atomic mass is 16.3. The van der Waals surface area contributed by atoms with Crippen LogP contribution in [0.1, 0.15) is 41.8 Å². The van der Waals surface area contributed by atoms with E-state index in [1.807, 2.05) is 12.1 Å². The number of fused-ring (bicyclic) bond motifs is 1. The summed E-state index contributed by atoms with van der Waals surface area (Å²) >= 11 is 0. The van der Waals surface area contributed by atoms with E-state index in [0.717, 1.165) is 30.0 Å². The minimum absolute atomic E-state index is 0.0490. The van der Waals surface area contributed by atoms with Gasteiger partial charge in [0.05, 0.1) is 12.3 Å². The molecule has 0 saturated heterocycles. The Balaban J connectivity index is 1.97. The molecule has 2 N–H and O–H groups in total. The molecule has 0 spiro atoms. The largest absolute Gasteiger partial charge is 0.467 e. The van der Waals surface area contributed by atoms with Gasteiger partial charge < -0.3 is 15.1 Å². The third-order valence-corrected chi connectivity index (χ3v) is 3.93. The maximum absolute atomic E-state index is 11.4. The van der Waals surface area contributed by atoms with Gasteiger partial charge in [0.15, 0.2) is 0 Å². The third-order valence-electron chi connectivity index (χ3n) is 3.93. The number of hydrogen-bond donors (Lipinski definition) is 2. The van der Waals surface area contributed by atoms with Crippen LogP contribution in [0.5, 0.6) is 0 Å². The van der Waals surface area contributed by atoms with Gasteiger partial charge in [-0.1, -0.05) is 19.1 Å². The number of carbonyl (C=O) groups is 1. The van der Waals surface area contributed by atoms with Crippen LogP contribution in [0.3, 0.4) is 0 Å². The first kappa shape index (κ1) is 13.9. The quantitative estimate of drug-likeness (QED) is 0.906. The summed E-state index contributed by atoms with van der Waals surface area (Å²) in [7, 11) is 0. The Morgan fingerprint density at radius 3 is 2.90 bits per heavy atom. The van der Waals surface area contributed by atoms with Crippen LogP contribution in [0, 0.1) is 6.92 Å². The summed E-state index contributed by atoms with van der Waals surface area (Å²) in [6, 6.07) is 8.25. The van der Waals surface area contributed by atoms with Gasteiger partial charge in [-0.05, 0) is 48.7 Å². The molecule has 3 rings (SSSR count). The molecular formula is C17H20N2O2. The average molecular weight is 284 g/mol. The van der Waals surface area contributed by atoms with E-state index in [2.05, 4.69) is 36.6 Å². The molecule has 0 fully saturated rings. The Labute approximate surface area is 124 Å². The predicted molar refractivity (Wildman–Crippen MR) is 82.4 cm³/mol. The summed E-state index contributed by atoms with van der Waals surface area (Å²) in [5, 5.41) is 6.40. The van der Waals surface area contributed by atoms with Crippen molar-refractivity contribution in [1.29, 1.82) is 0 Å². The van der Waals surface area contributed by atoms with Crippen molar-refractivity contribution in [3.63, 3.8) is 0 Å². The standard InChI is InChI=1S/C17H20N2O2/c1-3-18-16(17-11(2)8-9-21-17)13-4-6-14-12(10-13)5-7-15(20)19-14/h4,6,8-10,16,18H,3,5,7H2,1-2H3,(H,19,20). The first-order valence-corrected chi connectivity index (χ1v) is 7.39. The molecule has 1 unspecified atom stereocenters. The van der Waals surface area contributed by atoms with Crippen molar-refractivity contribution in [3.8, 4) is 0 Å². The second-order valence-electron chi connectivity index (χ2n) is 5.42. The monoisotopic (exact) mass is 284 g/mol. The topological polar surface area (TPSA) is 54.3 Å². The van der Waals surface area contributed by atoms with Gasteiger partial charge in [0.1, 0.15) is 5.76 Å². The number of nitrogens with one attached hydrogen (secondary N) is 2. The van der Waals surface area contributed by atoms with Crippen molar-refractivity contribution in [3.05, 3.63) is 53.0 Å². The minimum atomic E-state index is 0.0490. The lowest BCUT2D eigenvalue weighted by Gasteiger charge is -2.22. The second kappa shape index (κ2) is 5.74. The maximum Gasteiger partial charge on any atom is 0.224 e. The van der Waals surface area contributed by atoms with Crippen LogP contribution in [0.25, 0.3) is 0 Å². The Kier molecular flexibility index (Phi) is 3.80. The molecule has 4 nitrogen and oxygen atoms in total. The zero-order valence-corrected chi connectivity index (χ0v) is 12.4. The number of rotatable bonds is 4. The SMILES string of the molecule is CCNC(c1ccc2c(c1)CCC(=O)N2)c1occc1C. The van der Waals surface area contributed by atoms with E-state index < -0.39 is 0 Å². The number of hydrogen-bond acceptors (Lipinski definition) is 3. The molecule has 0 radical (unpaired) electrons. The Morgan fingerprint density at radius 2 is 2.19 bits per heavy atom. The molecule has 110 valence electrons. The lowest BCUT2D eigenvalue weighted by Crippen LogP contribution is -2.23. The number of carbonyl (C=O) groups excluding carboxylic acids is 1. The van der Waals surface area contributed by atoms with E-state index in [4.69, 9.17) is 4.42 Å². The zero-order chi connectivity index (χ0) is 14.8. The van der Waals surface area contributed by atoms with Gasteiger partial charge in [0, 0.05) is 12.1 Å². The summed E-state index contributed by atoms with van der Waals surface area (Å²) in [5.41, 5.74) is 4.44. The van der Waals surface area contributed by atoms with Crippen LogP contribution >= 0.6 is 0 Å². The lowest BCUT2D eigenvalue weighted by atomic mass is 9.95. The highest BCUT2D eigenvalue weighted by Crippen LogP contribution is 2.30. The highest BCUT2D eigenvalue weighted by molar-refractivity contribution is 5.93. The first-order valence-electron chi connectivity index (χ1n) is 7.39. The Morgan fingerprint density at radius 1 is 1.33 bits per heavy atom. The van der Waals surface area contributed by atoms with Gasteiger partial charge in [0.2, 0.25) is 5.91 Å². The fourth-order valence-electron chi connectivity index (χ4n) is 2.83. The molecule has 1 aliphatic rings. The van der Waals surface area contributed by atoms with Gasteiger partial charge in [-0.15, -0.1) is 0 Å². The minimum Gasteiger partial charge on any atom is -0.467 e. The fraction of sp³-hybridized carbons (Fsp3) is 0.353. The first-order chi connectivity index (χ1) is 10.2. The molecule has 1 atom stereocenters. The van der Waals surface area contributed by atoms with Crippen LogP contribution in [0.4, 0.5) is 5.69 Å². The van der Waals surface area contributed by atoms with Crippen LogP contribution in [-0.2, 0) is 11.2 Å². The van der Waals surface area contributed by atoms with Gasteiger partial charge >= 0.3 is 0 Å². The molecule has 1 aromatic heterocycles. The Hall–Kier alpha value is -2.07. The normalized spacial score (nSPS) is 15.4. The van der Waals surface area contributed by atoms with Crippen LogP contribution in [0.15, 0.2) is 34.9 Å². The van der Waals surface area contributed by atoms with Gasteiger partial charge in [-0.3, -0.25) is 4.79 Å². The number of amides is 1. The molecule has 21 heavy (non-hydrogen) atoms. The molecule has 0 bridgehead atoms. The zero-order valence-electron chi connectivity index (χ0n) is 12.4. The molecular weight excluding hydrogens is 264 g/mol. The van der Waals surface area contributed by atoms with Gasteiger partial charge in [-0.2, -0.15) is 0 Å². The van der Waals surface area contributed by atoms with E-state index in [-0.39, 0.29) is 11.9 Å². The molecule has 2 heterocycles. The van der Waals surface area contributed by atoms with Crippen LogP contribution in [0.2, 0.25) is 0 Å². The summed E-state index contributed by atoms with van der Waals surface area (Å²) in [6.45, 7) is 5.00. The molecule has 2 aromatic rings. The van der Waals surface area contributed by atoms with E-state index >= 15 is 0 Å². The van der Waals surface area contributed by atoms with Crippen molar-refractivity contribution in [1.82, 2.24) is 5.32 Å². The van der Waals surface area contributed by atoms with Crippen molar-refractivity contribution in [2.75, 3.05) is 11.9 Å². The summed E-state index contributed by atoms with van der Waals surface area (Å²) < 4.78 is 5.66. The van der Waals surface area contributed by atoms with Gasteiger partial charge in [-0.25, -0.2) is 0 Å². The summed E-state index contributed by atoms with van der Waals surface area (Å²) in [4.78, 5) is 11.4. The fourth-order valence-corrected chi connectivity index (χ4v) is 2.83. The number of benzene rings is 1. The molecule has 0 aliphatic carbocycles. The van der Waals surface area contributed by atoms with Crippen LogP contribution < -0.4 is 10.6 Å². The third kappa shape index (κ3) is 2.72. The van der Waals surface area contributed by atoms with Crippen molar-refractivity contribution in [2.45, 2.75) is 32.7 Å². The molecule has 1 amide bonds. The smallest absolute Gasteiger partial charge is 0.224 e. The van der Waals surface area contributed by atoms with E-state index in [0.29, 0.717) is 6.42 Å². The van der Waals surface area contributed by atoms with Crippen molar-refractivity contribution >= 4 is 11.6 Å². The van der Waals surface area contributed by atoms with Gasteiger partial charge in [0.25, 0.3) is 0 Å². The number of furan rings is 1. The molecule has 1 aliphatic heterocycles. The van der Waals surface area contributed by atoms with Crippen molar-refractivity contribution in [2.24, 2.45) is 0 Å².